The first-order chi connectivity index (χ1) is 10.1. The number of amides is 1. The summed E-state index contributed by atoms with van der Waals surface area (Å²) in [5.74, 6) is -0.633. The van der Waals surface area contributed by atoms with Crippen LogP contribution in [0.4, 0.5) is 4.39 Å². The van der Waals surface area contributed by atoms with Crippen LogP contribution in [0.25, 0.3) is 0 Å². The van der Waals surface area contributed by atoms with Gasteiger partial charge in [0.1, 0.15) is 5.82 Å². The largest absolute Gasteiger partial charge is 0.337 e. The summed E-state index contributed by atoms with van der Waals surface area (Å²) >= 11 is 0. The Morgan fingerprint density at radius 2 is 2.10 bits per heavy atom. The third-order valence-electron chi connectivity index (χ3n) is 3.91. The molecule has 0 aromatic heterocycles. The zero-order valence-corrected chi connectivity index (χ0v) is 12.6. The molecule has 5 heteroatoms. The topological polar surface area (TPSA) is 49.6 Å². The number of hydrogen-bond acceptors (Lipinski definition) is 3. The van der Waals surface area contributed by atoms with Crippen molar-refractivity contribution in [2.24, 2.45) is 5.73 Å². The molecule has 4 nitrogen and oxygen atoms in total. The van der Waals surface area contributed by atoms with Crippen LogP contribution in [0.2, 0.25) is 0 Å². The van der Waals surface area contributed by atoms with Crippen molar-refractivity contribution in [3.8, 4) is 0 Å². The van der Waals surface area contributed by atoms with Crippen LogP contribution in [0.5, 0.6) is 0 Å². The minimum absolute atomic E-state index is 0.186. The van der Waals surface area contributed by atoms with Crippen LogP contribution in [0.15, 0.2) is 18.2 Å². The lowest BCUT2D eigenvalue weighted by Gasteiger charge is -2.22. The average Bonchev–Trinajstić information content (AvgIpc) is 2.72. The van der Waals surface area contributed by atoms with Crippen molar-refractivity contribution in [3.63, 3.8) is 0 Å². The van der Waals surface area contributed by atoms with Crippen LogP contribution in [-0.2, 0) is 0 Å². The lowest BCUT2D eigenvalue weighted by atomic mass is 10.1. The number of hydrogen-bond donors (Lipinski definition) is 1. The van der Waals surface area contributed by atoms with Crippen molar-refractivity contribution in [1.29, 1.82) is 0 Å². The molecule has 0 unspecified atom stereocenters. The summed E-state index contributed by atoms with van der Waals surface area (Å²) in [6, 6.07) is 4.69. The summed E-state index contributed by atoms with van der Waals surface area (Å²) < 4.78 is 13.8. The molecule has 0 saturated carbocycles. The Morgan fingerprint density at radius 3 is 2.86 bits per heavy atom. The minimum atomic E-state index is -0.435. The van der Waals surface area contributed by atoms with Gasteiger partial charge in [-0.1, -0.05) is 11.6 Å². The van der Waals surface area contributed by atoms with E-state index in [-0.39, 0.29) is 11.5 Å². The molecule has 0 spiro atoms. The molecule has 21 heavy (non-hydrogen) atoms. The van der Waals surface area contributed by atoms with E-state index in [0.717, 1.165) is 38.0 Å². The molecule has 1 saturated heterocycles. The van der Waals surface area contributed by atoms with Crippen molar-refractivity contribution >= 4 is 5.91 Å². The van der Waals surface area contributed by atoms with Crippen LogP contribution in [-0.4, -0.2) is 55.0 Å². The van der Waals surface area contributed by atoms with Gasteiger partial charge in [-0.3, -0.25) is 4.79 Å². The molecule has 2 rings (SSSR count). The predicted octanol–water partition coefficient (Wildman–Crippen LogP) is 1.63. The highest BCUT2D eigenvalue weighted by molar-refractivity contribution is 5.94. The smallest absolute Gasteiger partial charge is 0.256 e. The van der Waals surface area contributed by atoms with Crippen LogP contribution < -0.4 is 5.73 Å². The van der Waals surface area contributed by atoms with Crippen LogP contribution in [0.3, 0.4) is 0 Å². The normalized spacial score (nSPS) is 16.8. The summed E-state index contributed by atoms with van der Waals surface area (Å²) in [6.45, 7) is 6.67. The molecule has 1 aromatic rings. The molecule has 1 fully saturated rings. The monoisotopic (exact) mass is 293 g/mol. The first kappa shape index (κ1) is 15.9. The highest BCUT2D eigenvalue weighted by Gasteiger charge is 2.22. The summed E-state index contributed by atoms with van der Waals surface area (Å²) in [6.07, 6.45) is 1.89. The Bertz CT molecular complexity index is 492. The quantitative estimate of drug-likeness (QED) is 0.918. The Kier molecular flexibility index (Phi) is 5.70. The fourth-order valence-corrected chi connectivity index (χ4v) is 2.69. The SMILES string of the molecule is Cc1ccc(F)c(C(=O)N2CCCN(CCCN)CC2)c1. The van der Waals surface area contributed by atoms with Gasteiger partial charge in [-0.2, -0.15) is 0 Å². The third kappa shape index (κ3) is 4.25. The van der Waals surface area contributed by atoms with Crippen LogP contribution in [0.1, 0.15) is 28.8 Å². The summed E-state index contributed by atoms with van der Waals surface area (Å²) in [7, 11) is 0. The number of carbonyl (C=O) groups is 1. The lowest BCUT2D eigenvalue weighted by molar-refractivity contribution is 0.0756. The zero-order valence-electron chi connectivity index (χ0n) is 12.6. The molecule has 1 amide bonds. The Balaban J connectivity index is 2.01. The van der Waals surface area contributed by atoms with E-state index in [1.54, 1.807) is 17.0 Å². The van der Waals surface area contributed by atoms with Crippen molar-refractivity contribution in [1.82, 2.24) is 9.80 Å². The highest BCUT2D eigenvalue weighted by atomic mass is 19.1. The Hall–Kier alpha value is -1.46. The lowest BCUT2D eigenvalue weighted by Crippen LogP contribution is -2.36. The maximum absolute atomic E-state index is 13.8. The van der Waals surface area contributed by atoms with Gasteiger partial charge in [-0.15, -0.1) is 0 Å². The molecule has 1 aliphatic heterocycles. The van der Waals surface area contributed by atoms with E-state index in [4.69, 9.17) is 5.73 Å². The standard InChI is InChI=1S/C16H24FN3O/c1-13-4-5-15(17)14(12-13)16(21)20-9-3-8-19(10-11-20)7-2-6-18/h4-5,12H,2-3,6-11,18H2,1H3. The molecule has 116 valence electrons. The van der Waals surface area contributed by atoms with Gasteiger partial charge in [0, 0.05) is 19.6 Å². The van der Waals surface area contributed by atoms with E-state index in [0.29, 0.717) is 19.6 Å². The number of nitrogens with two attached hydrogens (primary N) is 1. The second kappa shape index (κ2) is 7.52. The van der Waals surface area contributed by atoms with E-state index in [9.17, 15) is 9.18 Å². The third-order valence-corrected chi connectivity index (χ3v) is 3.91. The fourth-order valence-electron chi connectivity index (χ4n) is 2.69. The van der Waals surface area contributed by atoms with Crippen LogP contribution in [0, 0.1) is 12.7 Å². The van der Waals surface area contributed by atoms with Gasteiger partial charge in [0.15, 0.2) is 0 Å². The van der Waals surface area contributed by atoms with Gasteiger partial charge in [0.2, 0.25) is 0 Å². The van der Waals surface area contributed by atoms with E-state index < -0.39 is 5.82 Å². The van der Waals surface area contributed by atoms with Crippen molar-refractivity contribution in [2.75, 3.05) is 39.3 Å². The van der Waals surface area contributed by atoms with Crippen molar-refractivity contribution in [3.05, 3.63) is 35.1 Å². The van der Waals surface area contributed by atoms with E-state index in [1.807, 2.05) is 6.92 Å². The molecular formula is C16H24FN3O. The van der Waals surface area contributed by atoms with Gasteiger partial charge >= 0.3 is 0 Å². The number of rotatable bonds is 4. The molecule has 0 radical (unpaired) electrons. The number of nitrogens with zero attached hydrogens (tertiary/aromatic N) is 2. The second-order valence-corrected chi connectivity index (χ2v) is 5.61. The predicted molar refractivity (Wildman–Crippen MR) is 81.8 cm³/mol. The van der Waals surface area contributed by atoms with E-state index in [1.165, 1.54) is 6.07 Å². The number of carbonyl (C=O) groups excluding carboxylic acids is 1. The van der Waals surface area contributed by atoms with Crippen LogP contribution >= 0.6 is 0 Å². The van der Waals surface area contributed by atoms with Crippen molar-refractivity contribution in [2.45, 2.75) is 19.8 Å². The molecule has 1 aliphatic rings. The fraction of sp³-hybridized carbons (Fsp3) is 0.562. The van der Waals surface area contributed by atoms with Gasteiger partial charge < -0.3 is 15.5 Å². The van der Waals surface area contributed by atoms with Gasteiger partial charge in [0.05, 0.1) is 5.56 Å². The Morgan fingerprint density at radius 1 is 1.29 bits per heavy atom. The summed E-state index contributed by atoms with van der Waals surface area (Å²) in [5, 5.41) is 0. The Labute approximate surface area is 125 Å². The zero-order chi connectivity index (χ0) is 15.2. The summed E-state index contributed by atoms with van der Waals surface area (Å²) in [5.41, 5.74) is 6.62. The summed E-state index contributed by atoms with van der Waals surface area (Å²) in [4.78, 5) is 16.6. The molecule has 0 atom stereocenters. The first-order valence-electron chi connectivity index (χ1n) is 7.59. The van der Waals surface area contributed by atoms with Gasteiger partial charge in [0.25, 0.3) is 5.91 Å². The highest BCUT2D eigenvalue weighted by Crippen LogP contribution is 2.14. The number of aryl methyl sites for hydroxylation is 1. The maximum atomic E-state index is 13.8. The number of benzene rings is 1. The van der Waals surface area contributed by atoms with Crippen molar-refractivity contribution < 1.29 is 9.18 Å². The van der Waals surface area contributed by atoms with Gasteiger partial charge in [-0.05, 0) is 51.5 Å². The molecule has 1 heterocycles. The first-order valence-corrected chi connectivity index (χ1v) is 7.59. The number of halogens is 1. The molecular weight excluding hydrogens is 269 g/mol. The molecule has 2 N–H and O–H groups in total. The average molecular weight is 293 g/mol. The van der Waals surface area contributed by atoms with Gasteiger partial charge in [-0.25, -0.2) is 4.39 Å². The molecule has 0 bridgehead atoms. The minimum Gasteiger partial charge on any atom is -0.337 e. The molecule has 1 aromatic carbocycles. The maximum Gasteiger partial charge on any atom is 0.256 e. The second-order valence-electron chi connectivity index (χ2n) is 5.61. The van der Waals surface area contributed by atoms with E-state index in [2.05, 4.69) is 4.90 Å². The molecule has 0 aliphatic carbocycles. The van der Waals surface area contributed by atoms with E-state index >= 15 is 0 Å².